The second kappa shape index (κ2) is 6.38. The molecule has 2 fully saturated rings. The molecule has 0 bridgehead atoms. The van der Waals surface area contributed by atoms with Crippen LogP contribution in [0.2, 0.25) is 0 Å². The summed E-state index contributed by atoms with van der Waals surface area (Å²) < 4.78 is 0. The van der Waals surface area contributed by atoms with Crippen molar-refractivity contribution in [1.29, 1.82) is 0 Å². The molecule has 0 radical (unpaired) electrons. The molecule has 2 aliphatic rings. The van der Waals surface area contributed by atoms with Crippen LogP contribution in [0.25, 0.3) is 0 Å². The van der Waals surface area contributed by atoms with E-state index in [1.54, 1.807) is 0 Å². The average molecular weight is 254 g/mol. The fraction of sp³-hybridized carbons (Fsp3) is 1.00. The fourth-order valence-corrected chi connectivity index (χ4v) is 3.91. The summed E-state index contributed by atoms with van der Waals surface area (Å²) in [6.07, 6.45) is 15.0. The normalized spacial score (nSPS) is 29.7. The Hall–Kier alpha value is -0.0800. The van der Waals surface area contributed by atoms with E-state index in [2.05, 4.69) is 0 Å². The van der Waals surface area contributed by atoms with Crippen LogP contribution in [0, 0.1) is 0 Å². The molecule has 0 spiro atoms. The molecule has 2 aliphatic carbocycles. The zero-order valence-corrected chi connectivity index (χ0v) is 11.8. The first kappa shape index (κ1) is 14.3. The van der Waals surface area contributed by atoms with E-state index in [9.17, 15) is 10.2 Å². The third-order valence-corrected chi connectivity index (χ3v) is 5.23. The van der Waals surface area contributed by atoms with Crippen LogP contribution in [0.3, 0.4) is 0 Å². The highest BCUT2D eigenvalue weighted by Gasteiger charge is 2.47. The van der Waals surface area contributed by atoms with Gasteiger partial charge >= 0.3 is 0 Å². The topological polar surface area (TPSA) is 40.5 Å². The monoisotopic (exact) mass is 254 g/mol. The highest BCUT2D eigenvalue weighted by Crippen LogP contribution is 2.42. The van der Waals surface area contributed by atoms with Crippen LogP contribution in [0.1, 0.15) is 89.9 Å². The minimum Gasteiger partial charge on any atom is -0.387 e. The Bertz CT molecular complexity index is 207. The maximum Gasteiger partial charge on any atom is 0.0933 e. The quantitative estimate of drug-likeness (QED) is 0.744. The van der Waals surface area contributed by atoms with Gasteiger partial charge in [-0.15, -0.1) is 0 Å². The summed E-state index contributed by atoms with van der Waals surface area (Å²) in [7, 11) is 0. The van der Waals surface area contributed by atoms with Gasteiger partial charge in [-0.1, -0.05) is 64.2 Å². The van der Waals surface area contributed by atoms with E-state index in [0.29, 0.717) is 0 Å². The Kier molecular flexibility index (Phi) is 5.08. The maximum absolute atomic E-state index is 11.0. The van der Waals surface area contributed by atoms with Gasteiger partial charge < -0.3 is 10.2 Å². The third kappa shape index (κ3) is 3.27. The molecule has 0 aromatic carbocycles. The first-order valence-corrected chi connectivity index (χ1v) is 8.11. The van der Waals surface area contributed by atoms with Gasteiger partial charge in [0.2, 0.25) is 0 Å². The maximum atomic E-state index is 11.0. The van der Waals surface area contributed by atoms with Crippen LogP contribution in [-0.2, 0) is 0 Å². The molecule has 0 heterocycles. The Labute approximate surface area is 112 Å². The summed E-state index contributed by atoms with van der Waals surface area (Å²) in [6, 6.07) is 0. The SMILES string of the molecule is OC1(C2(O)CCCCCCC2)CCCCCCC1. The van der Waals surface area contributed by atoms with Crippen LogP contribution in [0.15, 0.2) is 0 Å². The highest BCUT2D eigenvalue weighted by molar-refractivity contribution is 5.00. The van der Waals surface area contributed by atoms with Gasteiger partial charge in [-0.05, 0) is 25.7 Å². The third-order valence-electron chi connectivity index (χ3n) is 5.23. The largest absolute Gasteiger partial charge is 0.387 e. The predicted molar refractivity (Wildman–Crippen MR) is 74.5 cm³/mol. The van der Waals surface area contributed by atoms with Crippen LogP contribution in [-0.4, -0.2) is 21.4 Å². The highest BCUT2D eigenvalue weighted by atomic mass is 16.4. The van der Waals surface area contributed by atoms with Gasteiger partial charge in [-0.3, -0.25) is 0 Å². The summed E-state index contributed by atoms with van der Waals surface area (Å²) in [4.78, 5) is 0. The molecule has 2 heteroatoms. The summed E-state index contributed by atoms with van der Waals surface area (Å²) in [5.74, 6) is 0. The van der Waals surface area contributed by atoms with E-state index < -0.39 is 11.2 Å². The second-order valence-corrected chi connectivity index (χ2v) is 6.60. The van der Waals surface area contributed by atoms with E-state index in [4.69, 9.17) is 0 Å². The number of aliphatic hydroxyl groups is 2. The second-order valence-electron chi connectivity index (χ2n) is 6.60. The van der Waals surface area contributed by atoms with Crippen molar-refractivity contribution in [3.05, 3.63) is 0 Å². The van der Waals surface area contributed by atoms with Crippen molar-refractivity contribution in [3.8, 4) is 0 Å². The van der Waals surface area contributed by atoms with Gasteiger partial charge in [-0.25, -0.2) is 0 Å². The Balaban J connectivity index is 2.07. The molecule has 106 valence electrons. The van der Waals surface area contributed by atoms with Crippen LogP contribution in [0.5, 0.6) is 0 Å². The van der Waals surface area contributed by atoms with E-state index in [0.717, 1.165) is 51.4 Å². The van der Waals surface area contributed by atoms with Crippen LogP contribution >= 0.6 is 0 Å². The van der Waals surface area contributed by atoms with Crippen molar-refractivity contribution in [1.82, 2.24) is 0 Å². The molecular formula is C16H30O2. The van der Waals surface area contributed by atoms with Gasteiger partial charge in [0.25, 0.3) is 0 Å². The standard InChI is InChI=1S/C16H30O2/c17-15(11-7-3-1-4-8-12-15)16(18)13-9-5-2-6-10-14-16/h17-18H,1-14H2. The molecule has 2 rings (SSSR count). The van der Waals surface area contributed by atoms with Crippen LogP contribution in [0.4, 0.5) is 0 Å². The van der Waals surface area contributed by atoms with Crippen molar-refractivity contribution in [2.75, 3.05) is 0 Å². The summed E-state index contributed by atoms with van der Waals surface area (Å²) in [6.45, 7) is 0. The van der Waals surface area contributed by atoms with Gasteiger partial charge in [0, 0.05) is 0 Å². The lowest BCUT2D eigenvalue weighted by Gasteiger charge is -2.46. The van der Waals surface area contributed by atoms with E-state index in [1.165, 1.54) is 38.5 Å². The predicted octanol–water partition coefficient (Wildman–Crippen LogP) is 3.94. The summed E-state index contributed by atoms with van der Waals surface area (Å²) in [5, 5.41) is 22.1. The molecule has 0 unspecified atom stereocenters. The number of hydrogen-bond acceptors (Lipinski definition) is 2. The summed E-state index contributed by atoms with van der Waals surface area (Å²) >= 11 is 0. The Morgan fingerprint density at radius 1 is 0.389 bits per heavy atom. The van der Waals surface area contributed by atoms with Gasteiger partial charge in [-0.2, -0.15) is 0 Å². The smallest absolute Gasteiger partial charge is 0.0933 e. The first-order valence-electron chi connectivity index (χ1n) is 8.11. The Morgan fingerprint density at radius 2 is 0.611 bits per heavy atom. The molecule has 2 nitrogen and oxygen atoms in total. The molecule has 0 atom stereocenters. The lowest BCUT2D eigenvalue weighted by atomic mass is 9.69. The number of hydrogen-bond donors (Lipinski definition) is 2. The fourth-order valence-electron chi connectivity index (χ4n) is 3.91. The van der Waals surface area contributed by atoms with Crippen molar-refractivity contribution in [2.45, 2.75) is 101 Å². The van der Waals surface area contributed by atoms with Gasteiger partial charge in [0.05, 0.1) is 11.2 Å². The minimum atomic E-state index is -0.801. The van der Waals surface area contributed by atoms with E-state index >= 15 is 0 Å². The Morgan fingerprint density at radius 3 is 0.889 bits per heavy atom. The first-order chi connectivity index (χ1) is 8.66. The lowest BCUT2D eigenvalue weighted by molar-refractivity contribution is -0.173. The molecule has 2 saturated carbocycles. The molecule has 0 aromatic rings. The van der Waals surface area contributed by atoms with Crippen molar-refractivity contribution >= 4 is 0 Å². The van der Waals surface area contributed by atoms with Gasteiger partial charge in [0.15, 0.2) is 0 Å². The molecule has 0 amide bonds. The molecule has 18 heavy (non-hydrogen) atoms. The molecule has 0 saturated heterocycles. The van der Waals surface area contributed by atoms with E-state index in [1.807, 2.05) is 0 Å². The molecule has 0 aromatic heterocycles. The molecule has 2 N–H and O–H groups in total. The zero-order valence-electron chi connectivity index (χ0n) is 11.8. The molecular weight excluding hydrogens is 224 g/mol. The zero-order chi connectivity index (χ0) is 12.9. The minimum absolute atomic E-state index is 0.801. The summed E-state index contributed by atoms with van der Waals surface area (Å²) in [5.41, 5.74) is -1.60. The van der Waals surface area contributed by atoms with Crippen molar-refractivity contribution in [2.24, 2.45) is 0 Å². The lowest BCUT2D eigenvalue weighted by Crippen LogP contribution is -2.54. The number of rotatable bonds is 1. The average Bonchev–Trinajstić information content (AvgIpc) is 2.29. The van der Waals surface area contributed by atoms with Crippen molar-refractivity contribution in [3.63, 3.8) is 0 Å². The van der Waals surface area contributed by atoms with Gasteiger partial charge in [0.1, 0.15) is 0 Å². The van der Waals surface area contributed by atoms with Crippen molar-refractivity contribution < 1.29 is 10.2 Å². The van der Waals surface area contributed by atoms with E-state index in [-0.39, 0.29) is 0 Å². The van der Waals surface area contributed by atoms with Crippen LogP contribution < -0.4 is 0 Å². The molecule has 0 aliphatic heterocycles.